The number of nitrogens with zero attached hydrogens (tertiary/aromatic N) is 1. The highest BCUT2D eigenvalue weighted by atomic mass is 79.9. The fourth-order valence-corrected chi connectivity index (χ4v) is 2.30. The van der Waals surface area contributed by atoms with Gasteiger partial charge in [0.2, 0.25) is 0 Å². The van der Waals surface area contributed by atoms with Crippen LogP contribution in [0.15, 0.2) is 18.3 Å². The molecule has 1 heterocycles. The van der Waals surface area contributed by atoms with Crippen molar-refractivity contribution in [1.29, 1.82) is 0 Å². The van der Waals surface area contributed by atoms with Crippen LogP contribution in [-0.4, -0.2) is 11.6 Å². The number of rotatable bonds is 4. The predicted molar refractivity (Wildman–Crippen MR) is 64.3 cm³/mol. The normalized spacial score (nSPS) is 16.9. The van der Waals surface area contributed by atoms with E-state index in [-0.39, 0.29) is 0 Å². The van der Waals surface area contributed by atoms with Crippen molar-refractivity contribution in [3.05, 3.63) is 24.0 Å². The van der Waals surface area contributed by atoms with Gasteiger partial charge in [0, 0.05) is 5.33 Å². The molecule has 2 rings (SSSR count). The molecule has 82 valence electrons. The highest BCUT2D eigenvalue weighted by molar-refractivity contribution is 9.08. The molecule has 0 N–H and O–H groups in total. The van der Waals surface area contributed by atoms with Crippen molar-refractivity contribution in [1.82, 2.24) is 4.98 Å². The molecule has 0 atom stereocenters. The fourth-order valence-electron chi connectivity index (χ4n) is 1.97. The van der Waals surface area contributed by atoms with Gasteiger partial charge < -0.3 is 4.74 Å². The summed E-state index contributed by atoms with van der Waals surface area (Å²) in [6, 6.07) is 4.00. The zero-order valence-corrected chi connectivity index (χ0v) is 10.4. The van der Waals surface area contributed by atoms with Gasteiger partial charge in [-0.15, -0.1) is 0 Å². The minimum Gasteiger partial charge on any atom is -0.492 e. The summed E-state index contributed by atoms with van der Waals surface area (Å²) in [6.45, 7) is 0.856. The molecule has 0 unspecified atom stereocenters. The SMILES string of the molecule is BrCc1ccc(OCC2CCCC2)cn1. The van der Waals surface area contributed by atoms with Gasteiger partial charge in [-0.2, -0.15) is 0 Å². The third-order valence-corrected chi connectivity index (χ3v) is 3.47. The highest BCUT2D eigenvalue weighted by Crippen LogP contribution is 2.25. The van der Waals surface area contributed by atoms with Gasteiger partial charge in [-0.3, -0.25) is 4.98 Å². The van der Waals surface area contributed by atoms with E-state index in [1.54, 1.807) is 0 Å². The molecule has 1 aromatic heterocycles. The van der Waals surface area contributed by atoms with Crippen LogP contribution in [0.1, 0.15) is 31.4 Å². The Morgan fingerprint density at radius 1 is 1.33 bits per heavy atom. The maximum absolute atomic E-state index is 5.71. The molecule has 15 heavy (non-hydrogen) atoms. The van der Waals surface area contributed by atoms with E-state index in [0.29, 0.717) is 0 Å². The Labute approximate surface area is 99.2 Å². The summed E-state index contributed by atoms with van der Waals surface area (Å²) in [5.74, 6) is 1.66. The van der Waals surface area contributed by atoms with Gasteiger partial charge >= 0.3 is 0 Å². The summed E-state index contributed by atoms with van der Waals surface area (Å²) in [5, 5.41) is 0.801. The first-order valence-electron chi connectivity index (χ1n) is 5.52. The van der Waals surface area contributed by atoms with Crippen molar-refractivity contribution in [3.63, 3.8) is 0 Å². The van der Waals surface area contributed by atoms with E-state index in [1.807, 2.05) is 18.3 Å². The molecular formula is C12H16BrNO. The minimum absolute atomic E-state index is 0.765. The molecule has 1 saturated carbocycles. The van der Waals surface area contributed by atoms with E-state index in [1.165, 1.54) is 25.7 Å². The van der Waals surface area contributed by atoms with Crippen molar-refractivity contribution in [3.8, 4) is 5.75 Å². The Bertz CT molecular complexity index is 293. The third-order valence-electron chi connectivity index (χ3n) is 2.89. The second-order valence-corrected chi connectivity index (χ2v) is 4.64. The van der Waals surface area contributed by atoms with E-state index < -0.39 is 0 Å². The second kappa shape index (κ2) is 5.50. The average Bonchev–Trinajstić information content (AvgIpc) is 2.80. The molecule has 0 spiro atoms. The molecule has 0 aromatic carbocycles. The van der Waals surface area contributed by atoms with Crippen LogP contribution in [-0.2, 0) is 5.33 Å². The molecule has 0 saturated heterocycles. The summed E-state index contributed by atoms with van der Waals surface area (Å²) >= 11 is 3.37. The lowest BCUT2D eigenvalue weighted by Gasteiger charge is -2.10. The van der Waals surface area contributed by atoms with Crippen LogP contribution in [0.25, 0.3) is 0 Å². The smallest absolute Gasteiger partial charge is 0.137 e. The molecule has 1 aliphatic carbocycles. The molecule has 1 fully saturated rings. The van der Waals surface area contributed by atoms with Crippen LogP contribution in [0.2, 0.25) is 0 Å². The van der Waals surface area contributed by atoms with Crippen molar-refractivity contribution < 1.29 is 4.74 Å². The van der Waals surface area contributed by atoms with Crippen LogP contribution < -0.4 is 4.74 Å². The summed E-state index contributed by atoms with van der Waals surface area (Å²) < 4.78 is 5.71. The Kier molecular flexibility index (Phi) is 4.01. The molecule has 2 nitrogen and oxygen atoms in total. The van der Waals surface area contributed by atoms with Gasteiger partial charge in [-0.1, -0.05) is 28.8 Å². The van der Waals surface area contributed by atoms with Crippen LogP contribution in [0.3, 0.4) is 0 Å². The fraction of sp³-hybridized carbons (Fsp3) is 0.583. The summed E-state index contributed by atoms with van der Waals surface area (Å²) in [5.41, 5.74) is 1.04. The molecular weight excluding hydrogens is 254 g/mol. The van der Waals surface area contributed by atoms with Gasteiger partial charge in [0.1, 0.15) is 5.75 Å². The van der Waals surface area contributed by atoms with Crippen LogP contribution >= 0.6 is 15.9 Å². The van der Waals surface area contributed by atoms with E-state index >= 15 is 0 Å². The minimum atomic E-state index is 0.765. The topological polar surface area (TPSA) is 22.1 Å². The summed E-state index contributed by atoms with van der Waals surface area (Å²) in [7, 11) is 0. The molecule has 1 aromatic rings. The number of hydrogen-bond acceptors (Lipinski definition) is 2. The van der Waals surface area contributed by atoms with Gasteiger partial charge in [-0.05, 0) is 30.9 Å². The number of ether oxygens (including phenoxy) is 1. The Morgan fingerprint density at radius 3 is 2.73 bits per heavy atom. The highest BCUT2D eigenvalue weighted by Gasteiger charge is 2.15. The van der Waals surface area contributed by atoms with E-state index in [0.717, 1.165) is 29.3 Å². The van der Waals surface area contributed by atoms with Crippen LogP contribution in [0, 0.1) is 5.92 Å². The van der Waals surface area contributed by atoms with Gasteiger partial charge in [0.15, 0.2) is 0 Å². The molecule has 0 amide bonds. The first-order chi connectivity index (χ1) is 7.38. The number of aromatic nitrogens is 1. The van der Waals surface area contributed by atoms with E-state index in [2.05, 4.69) is 20.9 Å². The summed E-state index contributed by atoms with van der Waals surface area (Å²) in [6.07, 6.45) is 7.20. The van der Waals surface area contributed by atoms with Gasteiger partial charge in [0.25, 0.3) is 0 Å². The molecule has 0 aliphatic heterocycles. The number of alkyl halides is 1. The zero-order chi connectivity index (χ0) is 10.5. The standard InChI is InChI=1S/C12H16BrNO/c13-7-11-5-6-12(8-14-11)15-9-10-3-1-2-4-10/h5-6,8,10H,1-4,7,9H2. The Morgan fingerprint density at radius 2 is 2.13 bits per heavy atom. The number of pyridine rings is 1. The maximum Gasteiger partial charge on any atom is 0.137 e. The van der Waals surface area contributed by atoms with Crippen molar-refractivity contribution in [2.24, 2.45) is 5.92 Å². The quantitative estimate of drug-likeness (QED) is 0.780. The van der Waals surface area contributed by atoms with Crippen molar-refractivity contribution in [2.75, 3.05) is 6.61 Å². The van der Waals surface area contributed by atoms with Crippen molar-refractivity contribution in [2.45, 2.75) is 31.0 Å². The molecule has 0 radical (unpaired) electrons. The van der Waals surface area contributed by atoms with Crippen LogP contribution in [0.4, 0.5) is 0 Å². The van der Waals surface area contributed by atoms with Crippen LogP contribution in [0.5, 0.6) is 5.75 Å². The maximum atomic E-state index is 5.71. The third kappa shape index (κ3) is 3.20. The van der Waals surface area contributed by atoms with E-state index in [4.69, 9.17) is 4.74 Å². The van der Waals surface area contributed by atoms with Gasteiger partial charge in [0.05, 0.1) is 18.5 Å². The molecule has 3 heteroatoms. The zero-order valence-electron chi connectivity index (χ0n) is 8.79. The first-order valence-corrected chi connectivity index (χ1v) is 6.64. The largest absolute Gasteiger partial charge is 0.492 e. The monoisotopic (exact) mass is 269 g/mol. The lowest BCUT2D eigenvalue weighted by molar-refractivity contribution is 0.251. The Hall–Kier alpha value is -0.570. The van der Waals surface area contributed by atoms with E-state index in [9.17, 15) is 0 Å². The first kappa shape index (κ1) is 10.9. The number of halogens is 1. The molecule has 0 bridgehead atoms. The lowest BCUT2D eigenvalue weighted by Crippen LogP contribution is -2.08. The van der Waals surface area contributed by atoms with Gasteiger partial charge in [-0.25, -0.2) is 0 Å². The molecule has 1 aliphatic rings. The van der Waals surface area contributed by atoms with Crippen molar-refractivity contribution >= 4 is 15.9 Å². The second-order valence-electron chi connectivity index (χ2n) is 4.08. The summed E-state index contributed by atoms with van der Waals surface area (Å²) in [4.78, 5) is 4.27. The lowest BCUT2D eigenvalue weighted by atomic mass is 10.1. The average molecular weight is 270 g/mol. The number of hydrogen-bond donors (Lipinski definition) is 0. The Balaban J connectivity index is 1.82. The predicted octanol–water partition coefficient (Wildman–Crippen LogP) is 3.55.